The Morgan fingerprint density at radius 2 is 1.94 bits per heavy atom. The molecule has 1 amide bonds. The smallest absolute Gasteiger partial charge is 0.239 e. The van der Waals surface area contributed by atoms with Crippen LogP contribution in [0.25, 0.3) is 0 Å². The summed E-state index contributed by atoms with van der Waals surface area (Å²) >= 11 is 0. The zero-order chi connectivity index (χ0) is 13.8. The van der Waals surface area contributed by atoms with Gasteiger partial charge in [0.2, 0.25) is 15.9 Å². The molecule has 0 saturated heterocycles. The first-order valence-electron chi connectivity index (χ1n) is 5.68. The number of amides is 1. The maximum absolute atomic E-state index is 11.6. The maximum atomic E-state index is 11.6. The molecule has 0 heterocycles. The number of carbonyl (C=O) groups excluding carboxylic acids is 1. The minimum atomic E-state index is -3.34. The molecule has 0 aliphatic rings. The van der Waals surface area contributed by atoms with Gasteiger partial charge >= 0.3 is 0 Å². The van der Waals surface area contributed by atoms with Crippen LogP contribution in [0.3, 0.4) is 0 Å². The first-order valence-corrected chi connectivity index (χ1v) is 7.33. The highest BCUT2D eigenvalue weighted by atomic mass is 32.2. The first-order chi connectivity index (χ1) is 8.34. The summed E-state index contributed by atoms with van der Waals surface area (Å²) in [7, 11) is -3.34. The van der Waals surface area contributed by atoms with Gasteiger partial charge in [-0.3, -0.25) is 4.79 Å². The third-order valence-corrected chi connectivity index (χ3v) is 3.84. The van der Waals surface area contributed by atoms with Gasteiger partial charge in [0.25, 0.3) is 0 Å². The summed E-state index contributed by atoms with van der Waals surface area (Å²) in [6, 6.07) is 5.70. The first kappa shape index (κ1) is 14.7. The van der Waals surface area contributed by atoms with Crippen LogP contribution in [0.5, 0.6) is 0 Å². The van der Waals surface area contributed by atoms with Crippen molar-refractivity contribution in [2.24, 2.45) is 0 Å². The van der Waals surface area contributed by atoms with Crippen LogP contribution in [0.2, 0.25) is 0 Å². The Hall–Kier alpha value is -1.40. The van der Waals surface area contributed by atoms with Crippen LogP contribution in [-0.2, 0) is 14.8 Å². The molecule has 2 N–H and O–H groups in total. The summed E-state index contributed by atoms with van der Waals surface area (Å²) in [5.41, 5.74) is 2.67. The third-order valence-electron chi connectivity index (χ3n) is 2.50. The number of rotatable bonds is 5. The zero-order valence-corrected chi connectivity index (χ0v) is 11.6. The molecule has 5 nitrogen and oxygen atoms in total. The van der Waals surface area contributed by atoms with E-state index in [1.165, 1.54) is 6.92 Å². The summed E-state index contributed by atoms with van der Waals surface area (Å²) in [6.07, 6.45) is 0. The number of aryl methyl sites for hydroxylation is 2. The average Bonchev–Trinajstić information content (AvgIpc) is 2.31. The highest BCUT2D eigenvalue weighted by Gasteiger charge is 2.10. The second kappa shape index (κ2) is 5.97. The second-order valence-electron chi connectivity index (χ2n) is 4.09. The lowest BCUT2D eigenvalue weighted by molar-refractivity contribution is -0.115. The van der Waals surface area contributed by atoms with Crippen LogP contribution < -0.4 is 10.0 Å². The van der Waals surface area contributed by atoms with E-state index in [1.54, 1.807) is 0 Å². The predicted octanol–water partition coefficient (Wildman–Crippen LogP) is 1.18. The molecule has 0 aliphatic heterocycles. The monoisotopic (exact) mass is 270 g/mol. The van der Waals surface area contributed by atoms with E-state index in [-0.39, 0.29) is 18.2 Å². The van der Waals surface area contributed by atoms with E-state index in [1.807, 2.05) is 32.0 Å². The van der Waals surface area contributed by atoms with Gasteiger partial charge in [0.1, 0.15) is 0 Å². The lowest BCUT2D eigenvalue weighted by atomic mass is 10.1. The Morgan fingerprint density at radius 1 is 1.28 bits per heavy atom. The topological polar surface area (TPSA) is 75.3 Å². The minimum absolute atomic E-state index is 0.0379. The number of hydrogen-bond acceptors (Lipinski definition) is 3. The lowest BCUT2D eigenvalue weighted by Crippen LogP contribution is -2.33. The fourth-order valence-corrected chi connectivity index (χ4v) is 1.90. The van der Waals surface area contributed by atoms with Gasteiger partial charge in [-0.25, -0.2) is 13.1 Å². The van der Waals surface area contributed by atoms with E-state index in [9.17, 15) is 13.2 Å². The molecule has 0 saturated carbocycles. The quantitative estimate of drug-likeness (QED) is 0.843. The number of carbonyl (C=O) groups is 1. The second-order valence-corrected chi connectivity index (χ2v) is 6.19. The Bertz CT molecular complexity index is 538. The van der Waals surface area contributed by atoms with Crippen LogP contribution in [0.1, 0.15) is 18.1 Å². The van der Waals surface area contributed by atoms with Gasteiger partial charge in [-0.2, -0.15) is 0 Å². The molecule has 1 aromatic rings. The fourth-order valence-electron chi connectivity index (χ4n) is 1.34. The van der Waals surface area contributed by atoms with Crippen molar-refractivity contribution >= 4 is 21.6 Å². The summed E-state index contributed by atoms with van der Waals surface area (Å²) < 4.78 is 24.6. The molecular weight excluding hydrogens is 252 g/mol. The summed E-state index contributed by atoms with van der Waals surface area (Å²) in [5, 5.41) is 2.68. The molecule has 0 aliphatic carbocycles. The van der Waals surface area contributed by atoms with Crippen molar-refractivity contribution in [3.63, 3.8) is 0 Å². The van der Waals surface area contributed by atoms with Crippen LogP contribution in [0.4, 0.5) is 5.69 Å². The molecule has 0 bridgehead atoms. The fraction of sp³-hybridized carbons (Fsp3) is 0.417. The Balaban J connectivity index is 2.63. The molecule has 0 aromatic heterocycles. The van der Waals surface area contributed by atoms with E-state index in [4.69, 9.17) is 0 Å². The van der Waals surface area contributed by atoms with Gasteiger partial charge < -0.3 is 5.32 Å². The standard InChI is InChI=1S/C12H18N2O3S/c1-4-18(16,17)13-8-12(15)14-11-7-9(2)5-6-10(11)3/h5-7,13H,4,8H2,1-3H3,(H,14,15). The van der Waals surface area contributed by atoms with Crippen molar-refractivity contribution in [3.8, 4) is 0 Å². The van der Waals surface area contributed by atoms with Crippen molar-refractivity contribution in [2.75, 3.05) is 17.6 Å². The van der Waals surface area contributed by atoms with E-state index in [2.05, 4.69) is 10.0 Å². The van der Waals surface area contributed by atoms with Gasteiger partial charge in [0.15, 0.2) is 0 Å². The molecule has 0 unspecified atom stereocenters. The number of sulfonamides is 1. The van der Waals surface area contributed by atoms with Gasteiger partial charge in [0, 0.05) is 5.69 Å². The average molecular weight is 270 g/mol. The number of hydrogen-bond donors (Lipinski definition) is 2. The molecule has 100 valence electrons. The Labute approximate surface area is 108 Å². The van der Waals surface area contributed by atoms with Crippen molar-refractivity contribution < 1.29 is 13.2 Å². The highest BCUT2D eigenvalue weighted by Crippen LogP contribution is 2.15. The number of benzene rings is 1. The molecule has 0 atom stereocenters. The largest absolute Gasteiger partial charge is 0.325 e. The van der Waals surface area contributed by atoms with E-state index in [0.29, 0.717) is 5.69 Å². The highest BCUT2D eigenvalue weighted by molar-refractivity contribution is 7.89. The summed E-state index contributed by atoms with van der Waals surface area (Å²) in [6.45, 7) is 5.08. The van der Waals surface area contributed by atoms with Gasteiger partial charge in [-0.05, 0) is 38.0 Å². The lowest BCUT2D eigenvalue weighted by Gasteiger charge is -2.09. The predicted molar refractivity (Wildman–Crippen MR) is 72.0 cm³/mol. The molecule has 0 fully saturated rings. The van der Waals surface area contributed by atoms with E-state index in [0.717, 1.165) is 11.1 Å². The Kier molecular flexibility index (Phi) is 4.86. The molecule has 1 rings (SSSR count). The van der Waals surface area contributed by atoms with Crippen molar-refractivity contribution in [3.05, 3.63) is 29.3 Å². The Morgan fingerprint density at radius 3 is 2.56 bits per heavy atom. The summed E-state index contributed by atoms with van der Waals surface area (Å²) in [5.74, 6) is -0.412. The minimum Gasteiger partial charge on any atom is -0.325 e. The molecule has 6 heteroatoms. The third kappa shape index (κ3) is 4.46. The number of anilines is 1. The normalized spacial score (nSPS) is 11.3. The van der Waals surface area contributed by atoms with Crippen LogP contribution in [-0.4, -0.2) is 26.6 Å². The molecule has 0 radical (unpaired) electrons. The van der Waals surface area contributed by atoms with Crippen molar-refractivity contribution in [1.29, 1.82) is 0 Å². The van der Waals surface area contributed by atoms with Crippen LogP contribution >= 0.6 is 0 Å². The van der Waals surface area contributed by atoms with Crippen molar-refractivity contribution in [2.45, 2.75) is 20.8 Å². The van der Waals surface area contributed by atoms with Crippen LogP contribution in [0, 0.1) is 13.8 Å². The molecule has 1 aromatic carbocycles. The van der Waals surface area contributed by atoms with E-state index < -0.39 is 10.0 Å². The molecule has 18 heavy (non-hydrogen) atoms. The zero-order valence-electron chi connectivity index (χ0n) is 10.8. The van der Waals surface area contributed by atoms with Gasteiger partial charge in [0.05, 0.1) is 12.3 Å². The number of nitrogens with one attached hydrogen (secondary N) is 2. The van der Waals surface area contributed by atoms with Crippen LogP contribution in [0.15, 0.2) is 18.2 Å². The maximum Gasteiger partial charge on any atom is 0.239 e. The van der Waals surface area contributed by atoms with Crippen molar-refractivity contribution in [1.82, 2.24) is 4.72 Å². The molecule has 0 spiro atoms. The van der Waals surface area contributed by atoms with Gasteiger partial charge in [-0.15, -0.1) is 0 Å². The van der Waals surface area contributed by atoms with Gasteiger partial charge in [-0.1, -0.05) is 12.1 Å². The SMILES string of the molecule is CCS(=O)(=O)NCC(=O)Nc1cc(C)ccc1C. The van der Waals surface area contributed by atoms with E-state index >= 15 is 0 Å². The summed E-state index contributed by atoms with van der Waals surface area (Å²) in [4.78, 5) is 11.6. The molecular formula is C12H18N2O3S.